The first-order chi connectivity index (χ1) is 11.3. The second kappa shape index (κ2) is 6.73. The van der Waals surface area contributed by atoms with Crippen molar-refractivity contribution < 1.29 is 33.4 Å². The van der Waals surface area contributed by atoms with Crippen molar-refractivity contribution in [3.8, 4) is 11.5 Å². The molecule has 1 aromatic rings. The van der Waals surface area contributed by atoms with E-state index in [1.807, 2.05) is 0 Å². The number of carbonyl (C=O) groups is 3. The number of nitrogens with zero attached hydrogens (tertiary/aromatic N) is 1. The second-order valence-electron chi connectivity index (χ2n) is 5.37. The monoisotopic (exact) mass is 340 g/mol. The molecule has 1 aromatic carbocycles. The predicted octanol–water partition coefficient (Wildman–Crippen LogP) is 0.198. The van der Waals surface area contributed by atoms with E-state index in [1.54, 1.807) is 0 Å². The van der Waals surface area contributed by atoms with Gasteiger partial charge in [-0.2, -0.15) is 0 Å². The lowest BCUT2D eigenvalue weighted by atomic mass is 10.1. The van der Waals surface area contributed by atoms with E-state index in [2.05, 4.69) is 0 Å². The van der Waals surface area contributed by atoms with Crippen molar-refractivity contribution in [3.63, 3.8) is 0 Å². The number of hydrogen-bond acceptors (Lipinski definition) is 5. The van der Waals surface area contributed by atoms with Crippen LogP contribution in [0.25, 0.3) is 0 Å². The molecule has 0 bridgehead atoms. The first kappa shape index (κ1) is 17.5. The van der Waals surface area contributed by atoms with Crippen molar-refractivity contribution in [2.75, 3.05) is 26.8 Å². The zero-order chi connectivity index (χ0) is 17.9. The van der Waals surface area contributed by atoms with Gasteiger partial charge in [-0.25, -0.2) is 9.18 Å². The van der Waals surface area contributed by atoms with Crippen molar-refractivity contribution in [1.82, 2.24) is 4.90 Å². The van der Waals surface area contributed by atoms with Crippen LogP contribution < -0.4 is 15.2 Å². The molecule has 8 nitrogen and oxygen atoms in total. The summed E-state index contributed by atoms with van der Waals surface area (Å²) in [4.78, 5) is 35.2. The minimum Gasteiger partial charge on any atom is -0.493 e. The average Bonchev–Trinajstić information content (AvgIpc) is 2.96. The standard InChI is InChI=1S/C15H17FN2O6/c1-23-11-6-9(2-3-10(11)24-7-12(17)19)13(20)18-5-4-15(16,8-18)14(21)22/h2-3,6H,4-5,7-8H2,1H3,(H2,17,19)(H,21,22). The van der Waals surface area contributed by atoms with E-state index >= 15 is 0 Å². The third-order valence-corrected chi connectivity index (χ3v) is 3.67. The van der Waals surface area contributed by atoms with Crippen LogP contribution >= 0.6 is 0 Å². The molecule has 3 N–H and O–H groups in total. The Hall–Kier alpha value is -2.84. The Morgan fingerprint density at radius 3 is 2.62 bits per heavy atom. The molecule has 9 heteroatoms. The Kier molecular flexibility index (Phi) is 4.91. The maximum atomic E-state index is 14.1. The summed E-state index contributed by atoms with van der Waals surface area (Å²) in [5, 5.41) is 8.88. The zero-order valence-corrected chi connectivity index (χ0v) is 13.0. The Balaban J connectivity index is 2.16. The summed E-state index contributed by atoms with van der Waals surface area (Å²) < 4.78 is 24.3. The summed E-state index contributed by atoms with van der Waals surface area (Å²) in [5.74, 6) is -2.34. The smallest absolute Gasteiger partial charge is 0.343 e. The molecule has 130 valence electrons. The first-order valence-electron chi connectivity index (χ1n) is 7.07. The summed E-state index contributed by atoms with van der Waals surface area (Å²) >= 11 is 0. The quantitative estimate of drug-likeness (QED) is 0.763. The Labute approximate surface area is 136 Å². The Morgan fingerprint density at radius 1 is 1.38 bits per heavy atom. The van der Waals surface area contributed by atoms with Gasteiger partial charge in [0.05, 0.1) is 13.7 Å². The molecule has 1 atom stereocenters. The lowest BCUT2D eigenvalue weighted by Gasteiger charge is -2.18. The van der Waals surface area contributed by atoms with E-state index in [1.165, 1.54) is 25.3 Å². The number of halogens is 1. The van der Waals surface area contributed by atoms with E-state index in [4.69, 9.17) is 20.3 Å². The number of methoxy groups -OCH3 is 1. The summed E-state index contributed by atoms with van der Waals surface area (Å²) in [6.07, 6.45) is -0.259. The molecular weight excluding hydrogens is 323 g/mol. The number of hydrogen-bond donors (Lipinski definition) is 2. The van der Waals surface area contributed by atoms with Gasteiger partial charge in [-0.05, 0) is 18.2 Å². The van der Waals surface area contributed by atoms with Gasteiger partial charge in [0.15, 0.2) is 18.1 Å². The molecule has 1 unspecified atom stereocenters. The van der Waals surface area contributed by atoms with Crippen LogP contribution in [0, 0.1) is 0 Å². The van der Waals surface area contributed by atoms with Crippen LogP contribution in [-0.2, 0) is 9.59 Å². The third-order valence-electron chi connectivity index (χ3n) is 3.67. The predicted molar refractivity (Wildman–Crippen MR) is 79.7 cm³/mol. The lowest BCUT2D eigenvalue weighted by molar-refractivity contribution is -0.149. The van der Waals surface area contributed by atoms with Crippen molar-refractivity contribution >= 4 is 17.8 Å². The van der Waals surface area contributed by atoms with Crippen molar-refractivity contribution in [3.05, 3.63) is 23.8 Å². The van der Waals surface area contributed by atoms with Gasteiger partial charge in [-0.15, -0.1) is 0 Å². The summed E-state index contributed by atoms with van der Waals surface area (Å²) in [5.41, 5.74) is 2.76. The molecule has 1 aliphatic rings. The van der Waals surface area contributed by atoms with Crippen molar-refractivity contribution in [1.29, 1.82) is 0 Å². The topological polar surface area (TPSA) is 119 Å². The maximum absolute atomic E-state index is 14.1. The van der Waals surface area contributed by atoms with Gasteiger partial charge in [-0.3, -0.25) is 9.59 Å². The minimum atomic E-state index is -2.43. The number of ether oxygens (including phenoxy) is 2. The van der Waals surface area contributed by atoms with E-state index < -0.39 is 30.0 Å². The van der Waals surface area contributed by atoms with E-state index in [-0.39, 0.29) is 36.6 Å². The normalized spacial score (nSPS) is 19.8. The highest BCUT2D eigenvalue weighted by Gasteiger charge is 2.47. The van der Waals surface area contributed by atoms with Gasteiger partial charge in [0.2, 0.25) is 5.67 Å². The highest BCUT2D eigenvalue weighted by Crippen LogP contribution is 2.31. The van der Waals surface area contributed by atoms with Crippen LogP contribution in [0.2, 0.25) is 0 Å². The largest absolute Gasteiger partial charge is 0.493 e. The molecule has 0 saturated carbocycles. The minimum absolute atomic E-state index is 0.00384. The molecule has 1 fully saturated rings. The van der Waals surface area contributed by atoms with E-state index in [0.717, 1.165) is 4.90 Å². The Bertz CT molecular complexity index is 680. The SMILES string of the molecule is COc1cc(C(=O)N2CCC(F)(C(=O)O)C2)ccc1OCC(N)=O. The van der Waals surface area contributed by atoms with Crippen LogP contribution in [0.3, 0.4) is 0 Å². The highest BCUT2D eigenvalue weighted by molar-refractivity contribution is 5.96. The number of amides is 2. The molecule has 24 heavy (non-hydrogen) atoms. The molecule has 0 radical (unpaired) electrons. The van der Waals surface area contributed by atoms with Crippen LogP contribution in [0.15, 0.2) is 18.2 Å². The summed E-state index contributed by atoms with van der Waals surface area (Å²) in [6.45, 7) is -0.855. The molecule has 2 amide bonds. The number of carbonyl (C=O) groups excluding carboxylic acids is 2. The number of alkyl halides is 1. The molecule has 0 aliphatic carbocycles. The number of rotatable bonds is 6. The fourth-order valence-corrected chi connectivity index (χ4v) is 2.37. The summed E-state index contributed by atoms with van der Waals surface area (Å²) in [6, 6.07) is 4.21. The van der Waals surface area contributed by atoms with Gasteiger partial charge in [0.25, 0.3) is 11.8 Å². The fraction of sp³-hybridized carbons (Fsp3) is 0.400. The van der Waals surface area contributed by atoms with Gasteiger partial charge < -0.3 is 25.2 Å². The molecule has 0 aromatic heterocycles. The second-order valence-corrected chi connectivity index (χ2v) is 5.37. The molecule has 0 spiro atoms. The maximum Gasteiger partial charge on any atom is 0.343 e. The number of primary amides is 1. The van der Waals surface area contributed by atoms with Gasteiger partial charge in [0, 0.05) is 18.5 Å². The molecule has 1 saturated heterocycles. The van der Waals surface area contributed by atoms with Gasteiger partial charge >= 0.3 is 5.97 Å². The molecular formula is C15H17FN2O6. The molecule has 1 heterocycles. The van der Waals surface area contributed by atoms with Crippen LogP contribution in [0.5, 0.6) is 11.5 Å². The molecule has 2 rings (SSSR count). The number of aliphatic carboxylic acids is 1. The van der Waals surface area contributed by atoms with E-state index in [9.17, 15) is 18.8 Å². The van der Waals surface area contributed by atoms with Crippen LogP contribution in [0.4, 0.5) is 4.39 Å². The first-order valence-corrected chi connectivity index (χ1v) is 7.07. The zero-order valence-electron chi connectivity index (χ0n) is 13.0. The Morgan fingerprint density at radius 2 is 2.08 bits per heavy atom. The van der Waals surface area contributed by atoms with Crippen molar-refractivity contribution in [2.24, 2.45) is 5.73 Å². The average molecular weight is 340 g/mol. The molecule has 1 aliphatic heterocycles. The van der Waals surface area contributed by atoms with Gasteiger partial charge in [-0.1, -0.05) is 0 Å². The van der Waals surface area contributed by atoms with Crippen LogP contribution in [-0.4, -0.2) is 60.3 Å². The number of nitrogens with two attached hydrogens (primary N) is 1. The number of carboxylic acids is 1. The highest BCUT2D eigenvalue weighted by atomic mass is 19.1. The van der Waals surface area contributed by atoms with Crippen molar-refractivity contribution in [2.45, 2.75) is 12.1 Å². The lowest BCUT2D eigenvalue weighted by Crippen LogP contribution is -2.38. The van der Waals surface area contributed by atoms with E-state index in [0.29, 0.717) is 0 Å². The number of likely N-dealkylation sites (tertiary alicyclic amines) is 1. The number of benzene rings is 1. The van der Waals surface area contributed by atoms with Gasteiger partial charge in [0.1, 0.15) is 0 Å². The summed E-state index contributed by atoms with van der Waals surface area (Å²) in [7, 11) is 1.35. The third kappa shape index (κ3) is 3.55. The number of carboxylic acid groups (broad SMARTS) is 1. The fourth-order valence-electron chi connectivity index (χ4n) is 2.37. The van der Waals surface area contributed by atoms with Crippen LogP contribution in [0.1, 0.15) is 16.8 Å².